The Morgan fingerprint density at radius 3 is 2.57 bits per heavy atom. The maximum absolute atomic E-state index is 11.5. The molecule has 0 radical (unpaired) electrons. The van der Waals surface area contributed by atoms with Crippen molar-refractivity contribution < 1.29 is 9.53 Å². The van der Waals surface area contributed by atoms with Crippen LogP contribution in [0.2, 0.25) is 0 Å². The van der Waals surface area contributed by atoms with Crippen molar-refractivity contribution in [2.45, 2.75) is 32.2 Å². The number of fused-ring (bicyclic) bond motifs is 2. The van der Waals surface area contributed by atoms with Crippen LogP contribution in [-0.2, 0) is 9.53 Å². The van der Waals surface area contributed by atoms with Gasteiger partial charge in [-0.15, -0.1) is 12.4 Å². The van der Waals surface area contributed by atoms with Gasteiger partial charge in [-0.05, 0) is 38.0 Å². The average molecular weight is 220 g/mol. The third-order valence-corrected chi connectivity index (χ3v) is 3.54. The average Bonchev–Trinajstić information content (AvgIpc) is 2.63. The van der Waals surface area contributed by atoms with Crippen LogP contribution in [-0.4, -0.2) is 18.6 Å². The third kappa shape index (κ3) is 1.75. The number of carbonyl (C=O) groups excluding carboxylic acids is 1. The molecule has 2 fully saturated rings. The van der Waals surface area contributed by atoms with Gasteiger partial charge in [0.2, 0.25) is 0 Å². The summed E-state index contributed by atoms with van der Waals surface area (Å²) in [6.07, 6.45) is 3.52. The van der Waals surface area contributed by atoms with Gasteiger partial charge in [-0.3, -0.25) is 4.79 Å². The van der Waals surface area contributed by atoms with Crippen LogP contribution in [0.3, 0.4) is 0 Å². The molecule has 0 spiro atoms. The zero-order valence-corrected chi connectivity index (χ0v) is 9.26. The van der Waals surface area contributed by atoms with Crippen LogP contribution in [0, 0.1) is 17.8 Å². The van der Waals surface area contributed by atoms with Gasteiger partial charge in [-0.1, -0.05) is 0 Å². The molecule has 2 aliphatic rings. The molecule has 2 N–H and O–H groups in total. The SMILES string of the molecule is CCOC(=O)[C@H]1[C@@H]2CC[C@@H](C2)[C@H]1N.Cl. The number of rotatable bonds is 2. The van der Waals surface area contributed by atoms with Crippen molar-refractivity contribution in [2.24, 2.45) is 23.5 Å². The van der Waals surface area contributed by atoms with Crippen LogP contribution >= 0.6 is 12.4 Å². The van der Waals surface area contributed by atoms with E-state index in [9.17, 15) is 4.79 Å². The second-order valence-corrected chi connectivity index (χ2v) is 4.19. The first-order chi connectivity index (χ1) is 6.24. The lowest BCUT2D eigenvalue weighted by molar-refractivity contribution is -0.150. The fourth-order valence-corrected chi connectivity index (χ4v) is 2.92. The van der Waals surface area contributed by atoms with E-state index in [2.05, 4.69) is 0 Å². The predicted molar refractivity (Wildman–Crippen MR) is 56.2 cm³/mol. The lowest BCUT2D eigenvalue weighted by Gasteiger charge is -2.25. The minimum absolute atomic E-state index is 0. The lowest BCUT2D eigenvalue weighted by atomic mass is 9.85. The summed E-state index contributed by atoms with van der Waals surface area (Å²) in [5.74, 6) is 1.03. The molecule has 0 aromatic rings. The van der Waals surface area contributed by atoms with Gasteiger partial charge in [-0.25, -0.2) is 0 Å². The van der Waals surface area contributed by atoms with Crippen molar-refractivity contribution in [1.82, 2.24) is 0 Å². The summed E-state index contributed by atoms with van der Waals surface area (Å²) in [4.78, 5) is 11.5. The van der Waals surface area contributed by atoms with Crippen LogP contribution < -0.4 is 5.73 Å². The summed E-state index contributed by atoms with van der Waals surface area (Å²) < 4.78 is 5.03. The molecule has 4 heteroatoms. The van der Waals surface area contributed by atoms with Crippen LogP contribution in [0.5, 0.6) is 0 Å². The molecule has 0 aromatic heterocycles. The monoisotopic (exact) mass is 219 g/mol. The highest BCUT2D eigenvalue weighted by Crippen LogP contribution is 2.47. The molecule has 2 rings (SSSR count). The van der Waals surface area contributed by atoms with Gasteiger partial charge in [0.15, 0.2) is 0 Å². The summed E-state index contributed by atoms with van der Waals surface area (Å²) in [7, 11) is 0. The first kappa shape index (κ1) is 11.8. The van der Waals surface area contributed by atoms with E-state index in [1.165, 1.54) is 12.8 Å². The van der Waals surface area contributed by atoms with E-state index in [1.807, 2.05) is 6.92 Å². The Bertz CT molecular complexity index is 220. The third-order valence-electron chi connectivity index (χ3n) is 3.54. The van der Waals surface area contributed by atoms with E-state index >= 15 is 0 Å². The van der Waals surface area contributed by atoms with Crippen LogP contribution in [0.1, 0.15) is 26.2 Å². The smallest absolute Gasteiger partial charge is 0.310 e. The summed E-state index contributed by atoms with van der Waals surface area (Å²) in [5, 5.41) is 0. The van der Waals surface area contributed by atoms with E-state index in [4.69, 9.17) is 10.5 Å². The van der Waals surface area contributed by atoms with Crippen LogP contribution in [0.15, 0.2) is 0 Å². The molecule has 0 aromatic carbocycles. The summed E-state index contributed by atoms with van der Waals surface area (Å²) in [6, 6.07) is 0.0674. The Morgan fingerprint density at radius 1 is 1.43 bits per heavy atom. The molecule has 14 heavy (non-hydrogen) atoms. The highest BCUT2D eigenvalue weighted by Gasteiger charge is 2.49. The van der Waals surface area contributed by atoms with Gasteiger partial charge in [0.25, 0.3) is 0 Å². The second kappa shape index (κ2) is 4.49. The van der Waals surface area contributed by atoms with Gasteiger partial charge >= 0.3 is 5.97 Å². The molecule has 82 valence electrons. The number of hydrogen-bond acceptors (Lipinski definition) is 3. The molecule has 2 saturated carbocycles. The summed E-state index contributed by atoms with van der Waals surface area (Å²) >= 11 is 0. The van der Waals surface area contributed by atoms with E-state index in [0.717, 1.165) is 6.42 Å². The Balaban J connectivity index is 0.000000980. The van der Waals surface area contributed by atoms with E-state index < -0.39 is 0 Å². The Hall–Kier alpha value is -0.280. The number of esters is 1. The summed E-state index contributed by atoms with van der Waals surface area (Å²) in [5.41, 5.74) is 5.99. The molecule has 0 aliphatic heterocycles. The quantitative estimate of drug-likeness (QED) is 0.714. The fraction of sp³-hybridized carbons (Fsp3) is 0.900. The van der Waals surface area contributed by atoms with Gasteiger partial charge < -0.3 is 10.5 Å². The number of nitrogens with two attached hydrogens (primary N) is 1. The van der Waals surface area contributed by atoms with Gasteiger partial charge in [-0.2, -0.15) is 0 Å². The molecule has 4 atom stereocenters. The molecular formula is C10H18ClNO2. The lowest BCUT2D eigenvalue weighted by Crippen LogP contribution is -2.41. The Labute approximate surface area is 90.8 Å². The van der Waals surface area contributed by atoms with Crippen LogP contribution in [0.4, 0.5) is 0 Å². The zero-order chi connectivity index (χ0) is 9.42. The fourth-order valence-electron chi connectivity index (χ4n) is 2.92. The number of hydrogen-bond donors (Lipinski definition) is 1. The molecule has 0 amide bonds. The van der Waals surface area contributed by atoms with E-state index in [-0.39, 0.29) is 30.3 Å². The standard InChI is InChI=1S/C10H17NO2.ClH/c1-2-13-10(12)8-6-3-4-7(5-6)9(8)11;/h6-9H,2-5,11H2,1H3;1H/t6-,7+,8+,9-;/m1./s1. The van der Waals surface area contributed by atoms with Crippen molar-refractivity contribution in [1.29, 1.82) is 0 Å². The molecule has 0 unspecified atom stereocenters. The highest BCUT2D eigenvalue weighted by atomic mass is 35.5. The van der Waals surface area contributed by atoms with Crippen molar-refractivity contribution in [3.8, 4) is 0 Å². The minimum atomic E-state index is -0.0674. The van der Waals surface area contributed by atoms with E-state index in [1.54, 1.807) is 0 Å². The first-order valence-electron chi connectivity index (χ1n) is 5.16. The molecule has 2 bridgehead atoms. The normalized spacial score (nSPS) is 39.3. The first-order valence-corrected chi connectivity index (χ1v) is 5.16. The zero-order valence-electron chi connectivity index (χ0n) is 8.44. The largest absolute Gasteiger partial charge is 0.466 e. The van der Waals surface area contributed by atoms with Crippen molar-refractivity contribution >= 4 is 18.4 Å². The van der Waals surface area contributed by atoms with E-state index in [0.29, 0.717) is 18.4 Å². The topological polar surface area (TPSA) is 52.3 Å². The van der Waals surface area contributed by atoms with Crippen molar-refractivity contribution in [3.05, 3.63) is 0 Å². The molecular weight excluding hydrogens is 202 g/mol. The minimum Gasteiger partial charge on any atom is -0.466 e. The Morgan fingerprint density at radius 2 is 2.07 bits per heavy atom. The number of ether oxygens (including phenoxy) is 1. The maximum atomic E-state index is 11.5. The number of carbonyl (C=O) groups is 1. The summed E-state index contributed by atoms with van der Waals surface area (Å²) in [6.45, 7) is 2.32. The van der Waals surface area contributed by atoms with Gasteiger partial charge in [0.05, 0.1) is 12.5 Å². The molecule has 2 aliphatic carbocycles. The molecule has 0 saturated heterocycles. The second-order valence-electron chi connectivity index (χ2n) is 4.19. The van der Waals surface area contributed by atoms with Crippen LogP contribution in [0.25, 0.3) is 0 Å². The highest BCUT2D eigenvalue weighted by molar-refractivity contribution is 5.85. The molecule has 3 nitrogen and oxygen atoms in total. The maximum Gasteiger partial charge on any atom is 0.310 e. The Kier molecular flexibility index (Phi) is 3.78. The number of halogens is 1. The molecule has 0 heterocycles. The van der Waals surface area contributed by atoms with Crippen molar-refractivity contribution in [3.63, 3.8) is 0 Å². The predicted octanol–water partition coefficient (Wildman–Crippen LogP) is 1.34. The van der Waals surface area contributed by atoms with Gasteiger partial charge in [0.1, 0.15) is 0 Å². The van der Waals surface area contributed by atoms with Gasteiger partial charge in [0, 0.05) is 6.04 Å². The van der Waals surface area contributed by atoms with Crippen molar-refractivity contribution in [2.75, 3.05) is 6.61 Å².